The van der Waals surface area contributed by atoms with Crippen molar-refractivity contribution in [3.8, 4) is 0 Å². The first-order valence-corrected chi connectivity index (χ1v) is 6.16. The van der Waals surface area contributed by atoms with E-state index in [2.05, 4.69) is 40.4 Å². The molecule has 0 aliphatic heterocycles. The number of halogens is 2. The van der Waals surface area contributed by atoms with E-state index in [9.17, 15) is 0 Å². The largest absolute Gasteiger partial charge is 0.143 e. The van der Waals surface area contributed by atoms with Crippen molar-refractivity contribution in [1.29, 1.82) is 0 Å². The van der Waals surface area contributed by atoms with Crippen LogP contribution in [0.15, 0.2) is 22.0 Å². The van der Waals surface area contributed by atoms with E-state index in [1.165, 1.54) is 25.7 Å². The maximum absolute atomic E-state index is 5.88. The zero-order chi connectivity index (χ0) is 9.42. The first-order chi connectivity index (χ1) is 6.24. The maximum Gasteiger partial charge on any atom is 0.0488 e. The Bertz CT molecular complexity index is 447. The van der Waals surface area contributed by atoms with Crippen molar-refractivity contribution in [2.24, 2.45) is 0 Å². The molecule has 0 fully saturated rings. The molecule has 0 spiro atoms. The van der Waals surface area contributed by atoms with Crippen LogP contribution >= 0.6 is 38.9 Å². The molecule has 1 aromatic heterocycles. The predicted octanol–water partition coefficient (Wildman–Crippen LogP) is 4.71. The smallest absolute Gasteiger partial charge is 0.0488 e. The van der Waals surface area contributed by atoms with Crippen LogP contribution in [0.4, 0.5) is 0 Å². The summed E-state index contributed by atoms with van der Waals surface area (Å²) in [6, 6.07) is 4.28. The molecule has 0 radical (unpaired) electrons. The van der Waals surface area contributed by atoms with E-state index in [1.807, 2.05) is 0 Å². The normalized spacial score (nSPS) is 11.0. The lowest BCUT2D eigenvalue weighted by atomic mass is 10.1. The zero-order valence-corrected chi connectivity index (χ0v) is 10.3. The average Bonchev–Trinajstić information content (AvgIpc) is 2.60. The van der Waals surface area contributed by atoms with Crippen LogP contribution in [0.5, 0.6) is 0 Å². The van der Waals surface area contributed by atoms with Crippen LogP contribution < -0.4 is 0 Å². The Morgan fingerprint density at radius 2 is 2.31 bits per heavy atom. The Morgan fingerprint density at radius 3 is 3.00 bits per heavy atom. The lowest BCUT2D eigenvalue weighted by molar-refractivity contribution is 1.38. The lowest BCUT2D eigenvalue weighted by Gasteiger charge is -2.04. The number of thiophene rings is 1. The molecule has 0 aliphatic carbocycles. The van der Waals surface area contributed by atoms with E-state index in [1.54, 1.807) is 11.3 Å². The van der Waals surface area contributed by atoms with Gasteiger partial charge in [0.25, 0.3) is 0 Å². The van der Waals surface area contributed by atoms with Gasteiger partial charge in [0.1, 0.15) is 0 Å². The highest BCUT2D eigenvalue weighted by Crippen LogP contribution is 2.34. The number of aryl methyl sites for hydroxylation is 1. The van der Waals surface area contributed by atoms with Gasteiger partial charge in [0, 0.05) is 20.4 Å². The summed E-state index contributed by atoms with van der Waals surface area (Å²) in [5.41, 5.74) is 2.48. The van der Waals surface area contributed by atoms with E-state index in [4.69, 9.17) is 11.6 Å². The Kier molecular flexibility index (Phi) is 2.63. The number of fused-ring (bicyclic) bond motifs is 1. The number of hydrogen-bond donors (Lipinski definition) is 0. The molecule has 68 valence electrons. The maximum atomic E-state index is 5.88. The lowest BCUT2D eigenvalue weighted by Crippen LogP contribution is -1.83. The summed E-state index contributed by atoms with van der Waals surface area (Å²) in [5, 5.41) is 3.38. The Morgan fingerprint density at radius 1 is 1.54 bits per heavy atom. The van der Waals surface area contributed by atoms with Crippen LogP contribution in [0.25, 0.3) is 10.1 Å². The van der Waals surface area contributed by atoms with E-state index < -0.39 is 0 Å². The van der Waals surface area contributed by atoms with Crippen LogP contribution in [0.1, 0.15) is 11.1 Å². The summed E-state index contributed by atoms with van der Waals surface area (Å²) in [4.78, 5) is 0. The molecular formula is C10H8BrClS. The summed E-state index contributed by atoms with van der Waals surface area (Å²) in [5.74, 6) is 0.588. The number of rotatable bonds is 1. The summed E-state index contributed by atoms with van der Waals surface area (Å²) in [6.45, 7) is 2.09. The Labute approximate surface area is 94.7 Å². The Hall–Kier alpha value is -0.0500. The van der Waals surface area contributed by atoms with Gasteiger partial charge in [-0.2, -0.15) is 0 Å². The summed E-state index contributed by atoms with van der Waals surface area (Å²) >= 11 is 11.2. The number of hydrogen-bond acceptors (Lipinski definition) is 1. The zero-order valence-electron chi connectivity index (χ0n) is 7.10. The molecule has 0 aliphatic rings. The van der Waals surface area contributed by atoms with Crippen LogP contribution in [0.3, 0.4) is 0 Å². The molecule has 0 amide bonds. The molecule has 2 rings (SSSR count). The van der Waals surface area contributed by atoms with Gasteiger partial charge < -0.3 is 0 Å². The minimum Gasteiger partial charge on any atom is -0.143 e. The fourth-order valence-corrected chi connectivity index (χ4v) is 3.22. The van der Waals surface area contributed by atoms with Gasteiger partial charge in [0.2, 0.25) is 0 Å². The number of alkyl halides is 1. The van der Waals surface area contributed by atoms with Gasteiger partial charge in [0.05, 0.1) is 0 Å². The topological polar surface area (TPSA) is 0 Å². The minimum absolute atomic E-state index is 0.588. The van der Waals surface area contributed by atoms with E-state index in [-0.39, 0.29) is 0 Å². The molecule has 0 unspecified atom stereocenters. The highest BCUT2D eigenvalue weighted by molar-refractivity contribution is 9.10. The van der Waals surface area contributed by atoms with Gasteiger partial charge in [-0.3, -0.25) is 0 Å². The van der Waals surface area contributed by atoms with Crippen molar-refractivity contribution in [3.63, 3.8) is 0 Å². The highest BCUT2D eigenvalue weighted by Gasteiger charge is 2.07. The SMILES string of the molecule is Cc1cc(CCl)c2sccc2c1Br. The second-order valence-corrected chi connectivity index (χ2v) is 4.94. The second kappa shape index (κ2) is 3.60. The first kappa shape index (κ1) is 9.50. The van der Waals surface area contributed by atoms with Crippen molar-refractivity contribution in [3.05, 3.63) is 33.1 Å². The molecular weight excluding hydrogens is 268 g/mol. The van der Waals surface area contributed by atoms with Crippen LogP contribution in [-0.4, -0.2) is 0 Å². The fourth-order valence-electron chi connectivity index (χ4n) is 1.43. The van der Waals surface area contributed by atoms with Crippen molar-refractivity contribution in [1.82, 2.24) is 0 Å². The summed E-state index contributed by atoms with van der Waals surface area (Å²) in [6.07, 6.45) is 0. The third-order valence-corrected chi connectivity index (χ3v) is 4.40. The first-order valence-electron chi connectivity index (χ1n) is 3.95. The molecule has 1 aromatic carbocycles. The Balaban J connectivity index is 2.87. The monoisotopic (exact) mass is 274 g/mol. The fraction of sp³-hybridized carbons (Fsp3) is 0.200. The van der Waals surface area contributed by atoms with Gasteiger partial charge in [0.15, 0.2) is 0 Å². The van der Waals surface area contributed by atoms with E-state index in [0.717, 1.165) is 0 Å². The summed E-state index contributed by atoms with van der Waals surface area (Å²) in [7, 11) is 0. The van der Waals surface area contributed by atoms with Crippen molar-refractivity contribution >= 4 is 49.0 Å². The molecule has 1 heterocycles. The molecule has 3 heteroatoms. The van der Waals surface area contributed by atoms with Gasteiger partial charge in [-0.15, -0.1) is 22.9 Å². The molecule has 2 aromatic rings. The highest BCUT2D eigenvalue weighted by atomic mass is 79.9. The predicted molar refractivity (Wildman–Crippen MR) is 63.8 cm³/mol. The van der Waals surface area contributed by atoms with Gasteiger partial charge in [-0.25, -0.2) is 0 Å². The third kappa shape index (κ3) is 1.51. The van der Waals surface area contributed by atoms with Crippen molar-refractivity contribution in [2.75, 3.05) is 0 Å². The van der Waals surface area contributed by atoms with E-state index in [0.29, 0.717) is 5.88 Å². The third-order valence-electron chi connectivity index (χ3n) is 2.07. The quantitative estimate of drug-likeness (QED) is 0.661. The van der Waals surface area contributed by atoms with Crippen molar-refractivity contribution in [2.45, 2.75) is 12.8 Å². The molecule has 0 nitrogen and oxygen atoms in total. The van der Waals surface area contributed by atoms with Gasteiger partial charge >= 0.3 is 0 Å². The van der Waals surface area contributed by atoms with E-state index >= 15 is 0 Å². The molecule has 0 bridgehead atoms. The molecule has 0 atom stereocenters. The van der Waals surface area contributed by atoms with Crippen molar-refractivity contribution < 1.29 is 0 Å². The number of benzene rings is 1. The van der Waals surface area contributed by atoms with Gasteiger partial charge in [-0.1, -0.05) is 6.07 Å². The van der Waals surface area contributed by atoms with Gasteiger partial charge in [-0.05, 0) is 45.4 Å². The average molecular weight is 276 g/mol. The molecule has 13 heavy (non-hydrogen) atoms. The van der Waals surface area contributed by atoms with Crippen LogP contribution in [0.2, 0.25) is 0 Å². The minimum atomic E-state index is 0.588. The summed E-state index contributed by atoms with van der Waals surface area (Å²) < 4.78 is 2.49. The standard InChI is InChI=1S/C10H8BrClS/c1-6-4-7(5-12)10-8(9(6)11)2-3-13-10/h2-4H,5H2,1H3. The molecule has 0 N–H and O–H groups in total. The molecule has 0 saturated heterocycles. The van der Waals surface area contributed by atoms with Crippen LogP contribution in [-0.2, 0) is 5.88 Å². The van der Waals surface area contributed by atoms with Crippen LogP contribution in [0, 0.1) is 6.92 Å². The second-order valence-electron chi connectivity index (χ2n) is 2.96. The molecule has 0 saturated carbocycles.